The summed E-state index contributed by atoms with van der Waals surface area (Å²) in [5.41, 5.74) is 1.98. The van der Waals surface area contributed by atoms with Gasteiger partial charge in [0.15, 0.2) is 0 Å². The number of benzene rings is 1. The van der Waals surface area contributed by atoms with Crippen LogP contribution in [0.1, 0.15) is 49.7 Å². The van der Waals surface area contributed by atoms with Gasteiger partial charge < -0.3 is 10.6 Å². The Morgan fingerprint density at radius 3 is 2.90 bits per heavy atom. The van der Waals surface area contributed by atoms with Crippen LogP contribution in [0.15, 0.2) is 24.3 Å². The lowest BCUT2D eigenvalue weighted by Gasteiger charge is -2.36. The third-order valence-corrected chi connectivity index (χ3v) is 5.06. The molecule has 3 nitrogen and oxygen atoms in total. The number of nitriles is 1. The summed E-state index contributed by atoms with van der Waals surface area (Å²) in [7, 11) is 0. The fourth-order valence-electron chi connectivity index (χ4n) is 3.97. The predicted molar refractivity (Wildman–Crippen MR) is 84.8 cm³/mol. The third kappa shape index (κ3) is 3.64. The molecule has 2 N–H and O–H groups in total. The Morgan fingerprint density at radius 2 is 2.10 bits per heavy atom. The summed E-state index contributed by atoms with van der Waals surface area (Å²) in [6, 6.07) is 11.5. The Hall–Kier alpha value is -1.37. The van der Waals surface area contributed by atoms with E-state index in [4.69, 9.17) is 5.26 Å². The summed E-state index contributed by atoms with van der Waals surface area (Å²) in [5.74, 6) is 0.778. The smallest absolute Gasteiger partial charge is 0.0991 e. The minimum Gasteiger partial charge on any atom is -0.314 e. The van der Waals surface area contributed by atoms with E-state index >= 15 is 0 Å². The van der Waals surface area contributed by atoms with Crippen molar-refractivity contribution in [3.05, 3.63) is 35.4 Å². The van der Waals surface area contributed by atoms with Gasteiger partial charge in [-0.05, 0) is 55.8 Å². The molecule has 0 amide bonds. The Balaban J connectivity index is 1.60. The second-order valence-electron chi connectivity index (χ2n) is 6.45. The molecule has 1 saturated carbocycles. The lowest BCUT2D eigenvalue weighted by molar-refractivity contribution is 0.213. The summed E-state index contributed by atoms with van der Waals surface area (Å²) < 4.78 is 0. The Labute approximate surface area is 127 Å². The first-order chi connectivity index (χ1) is 10.4. The van der Waals surface area contributed by atoms with E-state index in [1.165, 1.54) is 50.6 Å². The molecule has 0 radical (unpaired) electrons. The maximum atomic E-state index is 8.99. The van der Waals surface area contributed by atoms with E-state index in [1.54, 1.807) is 0 Å². The molecule has 1 aromatic carbocycles. The van der Waals surface area contributed by atoms with Crippen molar-refractivity contribution in [3.8, 4) is 6.07 Å². The van der Waals surface area contributed by atoms with Crippen molar-refractivity contribution in [2.75, 3.05) is 6.54 Å². The highest BCUT2D eigenvalue weighted by atomic mass is 15.0. The Morgan fingerprint density at radius 1 is 1.19 bits per heavy atom. The van der Waals surface area contributed by atoms with Crippen LogP contribution in [0, 0.1) is 17.2 Å². The number of hydrogen-bond donors (Lipinski definition) is 2. The zero-order chi connectivity index (χ0) is 14.5. The molecule has 3 heteroatoms. The Bertz CT molecular complexity index is 499. The van der Waals surface area contributed by atoms with Gasteiger partial charge >= 0.3 is 0 Å². The standard InChI is InChI=1S/C18H25N3/c19-12-14-5-3-6-15(11-14)13-21-18-8-2-1-7-16(18)17-9-4-10-20-17/h3,5-6,11,16-18,20-21H,1-2,4,7-10,13H2. The van der Waals surface area contributed by atoms with Gasteiger partial charge in [-0.25, -0.2) is 0 Å². The molecular formula is C18H25N3. The van der Waals surface area contributed by atoms with E-state index in [0.717, 1.165) is 18.0 Å². The first-order valence-electron chi connectivity index (χ1n) is 8.32. The van der Waals surface area contributed by atoms with Crippen LogP contribution in [0.2, 0.25) is 0 Å². The molecule has 2 aliphatic rings. The molecule has 1 aliphatic carbocycles. The third-order valence-electron chi connectivity index (χ3n) is 5.06. The molecule has 3 rings (SSSR count). The molecular weight excluding hydrogens is 258 g/mol. The summed E-state index contributed by atoms with van der Waals surface area (Å²) in [5, 5.41) is 16.4. The Kier molecular flexibility index (Phi) is 4.90. The van der Waals surface area contributed by atoms with Crippen molar-refractivity contribution in [2.45, 2.75) is 57.2 Å². The van der Waals surface area contributed by atoms with Crippen LogP contribution in [0.4, 0.5) is 0 Å². The summed E-state index contributed by atoms with van der Waals surface area (Å²) in [4.78, 5) is 0. The second kappa shape index (κ2) is 7.06. The number of hydrogen-bond acceptors (Lipinski definition) is 3. The van der Waals surface area contributed by atoms with Crippen LogP contribution >= 0.6 is 0 Å². The second-order valence-corrected chi connectivity index (χ2v) is 6.45. The first kappa shape index (κ1) is 14.6. The number of rotatable bonds is 4. The van der Waals surface area contributed by atoms with Crippen LogP contribution in [0.3, 0.4) is 0 Å². The SMILES string of the molecule is N#Cc1cccc(CNC2CCCCC2C2CCCN2)c1. The van der Waals surface area contributed by atoms with Crippen molar-refractivity contribution < 1.29 is 0 Å². The molecule has 1 aliphatic heterocycles. The largest absolute Gasteiger partial charge is 0.314 e. The highest BCUT2D eigenvalue weighted by molar-refractivity contribution is 5.32. The van der Waals surface area contributed by atoms with E-state index in [9.17, 15) is 0 Å². The van der Waals surface area contributed by atoms with Crippen LogP contribution < -0.4 is 10.6 Å². The number of nitrogens with one attached hydrogen (secondary N) is 2. The normalized spacial score (nSPS) is 29.2. The minimum absolute atomic E-state index is 0.625. The zero-order valence-electron chi connectivity index (χ0n) is 12.6. The first-order valence-corrected chi connectivity index (χ1v) is 8.32. The molecule has 3 atom stereocenters. The van der Waals surface area contributed by atoms with Crippen molar-refractivity contribution in [2.24, 2.45) is 5.92 Å². The van der Waals surface area contributed by atoms with Crippen LogP contribution in [0.25, 0.3) is 0 Å². The average molecular weight is 283 g/mol. The van der Waals surface area contributed by atoms with Crippen LogP contribution in [-0.4, -0.2) is 18.6 Å². The molecule has 1 aromatic rings. The fraction of sp³-hybridized carbons (Fsp3) is 0.611. The van der Waals surface area contributed by atoms with Crippen molar-refractivity contribution in [1.82, 2.24) is 10.6 Å². The monoisotopic (exact) mass is 283 g/mol. The summed E-state index contributed by atoms with van der Waals surface area (Å²) in [6.07, 6.45) is 8.04. The highest BCUT2D eigenvalue weighted by Gasteiger charge is 2.32. The van der Waals surface area contributed by atoms with Crippen molar-refractivity contribution >= 4 is 0 Å². The lowest BCUT2D eigenvalue weighted by Crippen LogP contribution is -2.46. The van der Waals surface area contributed by atoms with Gasteiger partial charge in [-0.1, -0.05) is 25.0 Å². The van der Waals surface area contributed by atoms with E-state index < -0.39 is 0 Å². The van der Waals surface area contributed by atoms with Gasteiger partial charge in [0.05, 0.1) is 11.6 Å². The molecule has 112 valence electrons. The summed E-state index contributed by atoms with van der Waals surface area (Å²) in [6.45, 7) is 2.07. The topological polar surface area (TPSA) is 47.9 Å². The van der Waals surface area contributed by atoms with Gasteiger partial charge in [0.25, 0.3) is 0 Å². The van der Waals surface area contributed by atoms with E-state index in [1.807, 2.05) is 18.2 Å². The quantitative estimate of drug-likeness (QED) is 0.893. The molecule has 21 heavy (non-hydrogen) atoms. The minimum atomic E-state index is 0.625. The van der Waals surface area contributed by atoms with Crippen LogP contribution in [-0.2, 0) is 6.54 Å². The van der Waals surface area contributed by atoms with E-state index in [-0.39, 0.29) is 0 Å². The van der Waals surface area contributed by atoms with E-state index in [0.29, 0.717) is 12.1 Å². The van der Waals surface area contributed by atoms with Gasteiger partial charge in [0.1, 0.15) is 0 Å². The van der Waals surface area contributed by atoms with Gasteiger partial charge in [0, 0.05) is 18.6 Å². The fourth-order valence-corrected chi connectivity index (χ4v) is 3.97. The van der Waals surface area contributed by atoms with Gasteiger partial charge in [-0.2, -0.15) is 5.26 Å². The predicted octanol–water partition coefficient (Wildman–Crippen LogP) is 2.96. The summed E-state index contributed by atoms with van der Waals surface area (Å²) >= 11 is 0. The average Bonchev–Trinajstić information content (AvgIpc) is 3.08. The molecule has 2 fully saturated rings. The van der Waals surface area contributed by atoms with Crippen LogP contribution in [0.5, 0.6) is 0 Å². The maximum absolute atomic E-state index is 8.99. The molecule has 0 spiro atoms. The molecule has 1 saturated heterocycles. The molecule has 3 unspecified atom stereocenters. The molecule has 1 heterocycles. The van der Waals surface area contributed by atoms with Crippen molar-refractivity contribution in [3.63, 3.8) is 0 Å². The lowest BCUT2D eigenvalue weighted by atomic mass is 9.79. The van der Waals surface area contributed by atoms with Crippen molar-refractivity contribution in [1.29, 1.82) is 5.26 Å². The van der Waals surface area contributed by atoms with E-state index in [2.05, 4.69) is 22.8 Å². The number of nitrogens with zero attached hydrogens (tertiary/aromatic N) is 1. The highest BCUT2D eigenvalue weighted by Crippen LogP contribution is 2.30. The molecule has 0 aromatic heterocycles. The van der Waals surface area contributed by atoms with Gasteiger partial charge in [-0.15, -0.1) is 0 Å². The zero-order valence-corrected chi connectivity index (χ0v) is 12.6. The molecule has 0 bridgehead atoms. The van der Waals surface area contributed by atoms with Gasteiger partial charge in [-0.3, -0.25) is 0 Å². The maximum Gasteiger partial charge on any atom is 0.0991 e. The van der Waals surface area contributed by atoms with Gasteiger partial charge in [0.2, 0.25) is 0 Å².